The van der Waals surface area contributed by atoms with Crippen molar-refractivity contribution in [2.45, 2.75) is 12.4 Å². The summed E-state index contributed by atoms with van der Waals surface area (Å²) in [5, 5.41) is 0. The second kappa shape index (κ2) is 5.05. The fourth-order valence-electron chi connectivity index (χ4n) is 1.84. The molecule has 0 nitrogen and oxygen atoms in total. The van der Waals surface area contributed by atoms with E-state index in [1.54, 1.807) is 0 Å². The van der Waals surface area contributed by atoms with E-state index in [9.17, 15) is 30.7 Å². The Kier molecular flexibility index (Phi) is 3.69. The molecule has 112 valence electrons. The summed E-state index contributed by atoms with van der Waals surface area (Å²) in [7, 11) is 0. The Morgan fingerprint density at radius 2 is 1.24 bits per heavy atom. The largest absolute Gasteiger partial charge is 0.417 e. The van der Waals surface area contributed by atoms with Gasteiger partial charge in [-0.15, -0.1) is 0 Å². The second-order valence-corrected chi connectivity index (χ2v) is 4.26. The van der Waals surface area contributed by atoms with Crippen LogP contribution >= 0.6 is 0 Å². The molecule has 0 amide bonds. The first-order chi connectivity index (χ1) is 9.59. The van der Waals surface area contributed by atoms with Gasteiger partial charge < -0.3 is 0 Å². The van der Waals surface area contributed by atoms with Crippen molar-refractivity contribution in [2.75, 3.05) is 0 Å². The summed E-state index contributed by atoms with van der Waals surface area (Å²) in [6.45, 7) is 0. The van der Waals surface area contributed by atoms with E-state index in [0.29, 0.717) is 18.2 Å². The molecule has 0 unspecified atom stereocenters. The summed E-state index contributed by atoms with van der Waals surface area (Å²) in [6.07, 6.45) is -9.38. The number of alkyl halides is 6. The molecule has 0 saturated heterocycles. The van der Waals surface area contributed by atoms with Crippen molar-refractivity contribution in [2.24, 2.45) is 0 Å². The predicted octanol–water partition coefficient (Wildman–Crippen LogP) is 5.53. The van der Waals surface area contributed by atoms with Gasteiger partial charge in [-0.2, -0.15) is 26.3 Å². The highest BCUT2D eigenvalue weighted by Gasteiger charge is 2.34. The van der Waals surface area contributed by atoms with Crippen LogP contribution in [0.2, 0.25) is 0 Å². The third-order valence-electron chi connectivity index (χ3n) is 2.81. The van der Waals surface area contributed by atoms with Gasteiger partial charge >= 0.3 is 12.4 Å². The van der Waals surface area contributed by atoms with Crippen molar-refractivity contribution in [1.82, 2.24) is 0 Å². The van der Waals surface area contributed by atoms with Crippen LogP contribution in [0.1, 0.15) is 11.1 Å². The fourth-order valence-corrected chi connectivity index (χ4v) is 1.84. The molecule has 21 heavy (non-hydrogen) atoms. The molecule has 2 rings (SSSR count). The van der Waals surface area contributed by atoms with Gasteiger partial charge in [-0.05, 0) is 35.4 Å². The van der Waals surface area contributed by atoms with Gasteiger partial charge in [-0.1, -0.05) is 18.2 Å². The van der Waals surface area contributed by atoms with Gasteiger partial charge in [-0.3, -0.25) is 0 Å². The summed E-state index contributed by atoms with van der Waals surface area (Å²) in [5.41, 5.74) is -2.66. The quantitative estimate of drug-likeness (QED) is 0.608. The average molecular weight is 308 g/mol. The van der Waals surface area contributed by atoms with E-state index >= 15 is 0 Å². The van der Waals surface area contributed by atoms with Crippen molar-refractivity contribution in [3.05, 3.63) is 59.4 Å². The molecule has 0 aliphatic carbocycles. The molecule has 0 fully saturated rings. The number of halogens is 7. The monoisotopic (exact) mass is 308 g/mol. The van der Waals surface area contributed by atoms with Crippen LogP contribution in [0.25, 0.3) is 11.1 Å². The second-order valence-electron chi connectivity index (χ2n) is 4.26. The SMILES string of the molecule is Fc1ccc(-c2ccc(C(F)(F)F)cc2)c(C(F)(F)F)c1. The molecule has 0 N–H and O–H groups in total. The number of benzene rings is 2. The maximum atomic E-state index is 13.0. The van der Waals surface area contributed by atoms with E-state index < -0.39 is 29.3 Å². The van der Waals surface area contributed by atoms with E-state index in [1.165, 1.54) is 0 Å². The molecule has 0 atom stereocenters. The molecule has 0 saturated carbocycles. The van der Waals surface area contributed by atoms with Crippen molar-refractivity contribution in [3.63, 3.8) is 0 Å². The van der Waals surface area contributed by atoms with Crippen LogP contribution in [0.3, 0.4) is 0 Å². The van der Waals surface area contributed by atoms with Crippen molar-refractivity contribution in [1.29, 1.82) is 0 Å². The maximum Gasteiger partial charge on any atom is 0.417 e. The minimum atomic E-state index is -4.81. The highest BCUT2D eigenvalue weighted by Crippen LogP contribution is 2.38. The summed E-state index contributed by atoms with van der Waals surface area (Å²) in [4.78, 5) is 0. The van der Waals surface area contributed by atoms with Crippen molar-refractivity contribution >= 4 is 0 Å². The molecule has 2 aromatic carbocycles. The Morgan fingerprint density at radius 3 is 1.71 bits per heavy atom. The lowest BCUT2D eigenvalue weighted by Gasteiger charge is -2.14. The minimum Gasteiger partial charge on any atom is -0.207 e. The molecule has 0 radical (unpaired) electrons. The first kappa shape index (κ1) is 15.3. The standard InChI is InChI=1S/C14H7F7/c15-10-5-6-11(12(7-10)14(19,20)21)8-1-3-9(4-2-8)13(16,17)18/h1-7H. The summed E-state index contributed by atoms with van der Waals surface area (Å²) < 4.78 is 88.7. The maximum absolute atomic E-state index is 13.0. The lowest BCUT2D eigenvalue weighted by atomic mass is 9.98. The minimum absolute atomic E-state index is 0.0738. The molecule has 0 spiro atoms. The van der Waals surface area contributed by atoms with E-state index in [-0.39, 0.29) is 11.1 Å². The van der Waals surface area contributed by atoms with Crippen LogP contribution in [0.5, 0.6) is 0 Å². The zero-order valence-electron chi connectivity index (χ0n) is 10.2. The predicted molar refractivity (Wildman–Crippen MR) is 61.8 cm³/mol. The third kappa shape index (κ3) is 3.34. The third-order valence-corrected chi connectivity index (χ3v) is 2.81. The molecule has 0 aromatic heterocycles. The smallest absolute Gasteiger partial charge is 0.207 e. The Hall–Kier alpha value is -2.05. The van der Waals surface area contributed by atoms with Crippen LogP contribution in [0.4, 0.5) is 30.7 Å². The van der Waals surface area contributed by atoms with Crippen LogP contribution in [-0.2, 0) is 12.4 Å². The highest BCUT2D eigenvalue weighted by molar-refractivity contribution is 5.68. The number of hydrogen-bond donors (Lipinski definition) is 0. The van der Waals surface area contributed by atoms with Crippen LogP contribution in [0.15, 0.2) is 42.5 Å². The summed E-state index contributed by atoms with van der Waals surface area (Å²) >= 11 is 0. The Bertz CT molecular complexity index is 636. The van der Waals surface area contributed by atoms with Crippen molar-refractivity contribution in [3.8, 4) is 11.1 Å². The topological polar surface area (TPSA) is 0 Å². The van der Waals surface area contributed by atoms with Gasteiger partial charge in [0, 0.05) is 0 Å². The fraction of sp³-hybridized carbons (Fsp3) is 0.143. The summed E-state index contributed by atoms with van der Waals surface area (Å²) in [6, 6.07) is 5.23. The van der Waals surface area contributed by atoms with Gasteiger partial charge in [0.25, 0.3) is 0 Å². The van der Waals surface area contributed by atoms with Crippen LogP contribution in [0, 0.1) is 5.82 Å². The molecule has 0 aliphatic rings. The van der Waals surface area contributed by atoms with Gasteiger partial charge in [0.15, 0.2) is 0 Å². The molecule has 2 aromatic rings. The van der Waals surface area contributed by atoms with Gasteiger partial charge in [0.1, 0.15) is 5.82 Å². The first-order valence-corrected chi connectivity index (χ1v) is 5.63. The lowest BCUT2D eigenvalue weighted by molar-refractivity contribution is -0.138. The summed E-state index contributed by atoms with van der Waals surface area (Å²) in [5.74, 6) is -1.07. The van der Waals surface area contributed by atoms with Gasteiger partial charge in [0.05, 0.1) is 11.1 Å². The van der Waals surface area contributed by atoms with Crippen LogP contribution < -0.4 is 0 Å². The Morgan fingerprint density at radius 1 is 0.667 bits per heavy atom. The molecular formula is C14H7F7. The first-order valence-electron chi connectivity index (χ1n) is 5.63. The van der Waals surface area contributed by atoms with Crippen molar-refractivity contribution < 1.29 is 30.7 Å². The zero-order valence-corrected chi connectivity index (χ0v) is 10.2. The molecule has 0 heterocycles. The normalized spacial score (nSPS) is 12.5. The number of hydrogen-bond acceptors (Lipinski definition) is 0. The molecule has 0 aliphatic heterocycles. The van der Waals surface area contributed by atoms with E-state index in [2.05, 4.69) is 0 Å². The van der Waals surface area contributed by atoms with E-state index in [0.717, 1.165) is 24.3 Å². The van der Waals surface area contributed by atoms with Gasteiger partial charge in [0.2, 0.25) is 0 Å². The molecule has 0 bridgehead atoms. The lowest BCUT2D eigenvalue weighted by Crippen LogP contribution is -2.08. The molecule has 7 heteroatoms. The van der Waals surface area contributed by atoms with E-state index in [1.807, 2.05) is 0 Å². The average Bonchev–Trinajstić information content (AvgIpc) is 2.37. The van der Waals surface area contributed by atoms with Crippen LogP contribution in [-0.4, -0.2) is 0 Å². The Balaban J connectivity index is 2.52. The van der Waals surface area contributed by atoms with Gasteiger partial charge in [-0.25, -0.2) is 4.39 Å². The zero-order chi connectivity index (χ0) is 15.8. The number of rotatable bonds is 1. The molecular weight excluding hydrogens is 301 g/mol. The Labute approximate surface area is 114 Å². The highest BCUT2D eigenvalue weighted by atomic mass is 19.4. The van der Waals surface area contributed by atoms with E-state index in [4.69, 9.17) is 0 Å².